The fraction of sp³-hybridized carbons (Fsp3) is 0.238. The molecule has 3 N–H and O–H groups in total. The van der Waals surface area contributed by atoms with Gasteiger partial charge in [-0.15, -0.1) is 0 Å². The van der Waals surface area contributed by atoms with Crippen molar-refractivity contribution in [2.75, 3.05) is 6.79 Å². The van der Waals surface area contributed by atoms with E-state index in [9.17, 15) is 5.11 Å². The fourth-order valence-corrected chi connectivity index (χ4v) is 3.02. The van der Waals surface area contributed by atoms with Gasteiger partial charge in [0.1, 0.15) is 18.8 Å². The van der Waals surface area contributed by atoms with Gasteiger partial charge < -0.3 is 24.3 Å². The lowest BCUT2D eigenvalue weighted by Gasteiger charge is -2.05. The molecule has 1 aromatic heterocycles. The molecule has 5 nitrogen and oxygen atoms in total. The minimum absolute atomic E-state index is 0.301. The average Bonchev–Trinajstić information content (AvgIpc) is 3.30. The molecule has 0 saturated heterocycles. The molecule has 4 rings (SSSR count). The van der Waals surface area contributed by atoms with Crippen LogP contribution < -0.4 is 14.8 Å². The molecule has 5 heteroatoms. The molecule has 0 fully saturated rings. The van der Waals surface area contributed by atoms with E-state index in [-0.39, 0.29) is 0 Å². The number of hydrogen-bond acceptors (Lipinski definition) is 4. The van der Waals surface area contributed by atoms with E-state index < -0.39 is 6.10 Å². The van der Waals surface area contributed by atoms with Crippen molar-refractivity contribution in [3.63, 3.8) is 0 Å². The fourth-order valence-electron chi connectivity index (χ4n) is 3.02. The van der Waals surface area contributed by atoms with Crippen LogP contribution in [0.3, 0.4) is 0 Å². The third-order valence-corrected chi connectivity index (χ3v) is 4.50. The van der Waals surface area contributed by atoms with Gasteiger partial charge in [0.15, 0.2) is 17.3 Å². The molecule has 1 aliphatic rings. The van der Waals surface area contributed by atoms with Gasteiger partial charge in [0.25, 0.3) is 0 Å². The molecule has 3 aromatic rings. The minimum atomic E-state index is -0.456. The van der Waals surface area contributed by atoms with Gasteiger partial charge in [0.2, 0.25) is 6.79 Å². The van der Waals surface area contributed by atoms with Crippen LogP contribution in [0.2, 0.25) is 0 Å². The number of fused-ring (bicyclic) bond motifs is 1. The Bertz CT molecular complexity index is 883. The largest absolute Gasteiger partial charge is 0.455 e. The molecule has 1 atom stereocenters. The van der Waals surface area contributed by atoms with Crippen molar-refractivity contribution < 1.29 is 24.3 Å². The van der Waals surface area contributed by atoms with Crippen molar-refractivity contribution in [3.05, 3.63) is 71.5 Å². The van der Waals surface area contributed by atoms with Crippen molar-refractivity contribution >= 4 is 0 Å². The molecule has 0 bridgehead atoms. The van der Waals surface area contributed by atoms with Crippen LogP contribution in [-0.2, 0) is 13.1 Å². The molecule has 0 saturated carbocycles. The van der Waals surface area contributed by atoms with E-state index in [0.717, 1.165) is 47.2 Å². The summed E-state index contributed by atoms with van der Waals surface area (Å²) in [6.07, 6.45) is -0.456. The highest BCUT2D eigenvalue weighted by atomic mass is 16.7. The van der Waals surface area contributed by atoms with E-state index in [4.69, 9.17) is 13.9 Å². The summed E-state index contributed by atoms with van der Waals surface area (Å²) in [5.41, 5.74) is 3.10. The molecule has 134 valence electrons. The van der Waals surface area contributed by atoms with Gasteiger partial charge in [0.05, 0.1) is 6.10 Å². The summed E-state index contributed by atoms with van der Waals surface area (Å²) in [6, 6.07) is 17.8. The molecule has 2 heterocycles. The van der Waals surface area contributed by atoms with E-state index in [1.807, 2.05) is 48.5 Å². The van der Waals surface area contributed by atoms with Crippen LogP contribution in [0.25, 0.3) is 11.3 Å². The van der Waals surface area contributed by atoms with Gasteiger partial charge in [-0.2, -0.15) is 0 Å². The SMILES string of the molecule is C[C@@H](O)c1ccc(-c2ccc(C[NH2+]Cc3ccc4c(c3)OCO4)o2)cc1. The Kier molecular flexibility index (Phi) is 4.65. The van der Waals surface area contributed by atoms with Crippen molar-refractivity contribution in [3.8, 4) is 22.8 Å². The normalized spacial score (nSPS) is 13.8. The zero-order valence-corrected chi connectivity index (χ0v) is 14.6. The van der Waals surface area contributed by atoms with Crippen LogP contribution in [-0.4, -0.2) is 11.9 Å². The Labute approximate surface area is 152 Å². The predicted octanol–water partition coefficient (Wildman–Crippen LogP) is 2.99. The van der Waals surface area contributed by atoms with Crippen LogP contribution >= 0.6 is 0 Å². The van der Waals surface area contributed by atoms with Gasteiger partial charge in [-0.3, -0.25) is 0 Å². The number of quaternary nitrogens is 1. The molecule has 0 aliphatic carbocycles. The number of ether oxygens (including phenoxy) is 2. The Morgan fingerprint density at radius 1 is 0.962 bits per heavy atom. The van der Waals surface area contributed by atoms with Crippen LogP contribution in [0, 0.1) is 0 Å². The number of aliphatic hydroxyl groups excluding tert-OH is 1. The number of benzene rings is 2. The highest BCUT2D eigenvalue weighted by Gasteiger charge is 2.14. The number of furan rings is 1. The standard InChI is InChI=1S/C21H21NO4/c1-14(23)16-3-5-17(6-4-16)19-9-7-18(26-19)12-22-11-15-2-8-20-21(10-15)25-13-24-20/h2-10,14,22-23H,11-13H2,1H3/p+1/t14-/m1/s1. The number of hydrogen-bond donors (Lipinski definition) is 2. The Morgan fingerprint density at radius 3 is 2.58 bits per heavy atom. The third-order valence-electron chi connectivity index (χ3n) is 4.50. The third kappa shape index (κ3) is 3.59. The first kappa shape index (κ1) is 16.7. The van der Waals surface area contributed by atoms with Gasteiger partial charge >= 0.3 is 0 Å². The summed E-state index contributed by atoms with van der Waals surface area (Å²) in [6.45, 7) is 3.67. The first-order chi connectivity index (χ1) is 12.7. The maximum atomic E-state index is 9.59. The Balaban J connectivity index is 1.35. The van der Waals surface area contributed by atoms with Gasteiger partial charge in [-0.05, 0) is 42.8 Å². The zero-order valence-electron chi connectivity index (χ0n) is 14.6. The van der Waals surface area contributed by atoms with Crippen LogP contribution in [0.4, 0.5) is 0 Å². The average molecular weight is 352 g/mol. The molecule has 1 aliphatic heterocycles. The first-order valence-corrected chi connectivity index (χ1v) is 8.76. The van der Waals surface area contributed by atoms with Gasteiger partial charge in [-0.25, -0.2) is 0 Å². The second kappa shape index (κ2) is 7.23. The zero-order chi connectivity index (χ0) is 17.9. The van der Waals surface area contributed by atoms with Crippen LogP contribution in [0.5, 0.6) is 11.5 Å². The van der Waals surface area contributed by atoms with E-state index in [1.165, 1.54) is 5.56 Å². The molecular formula is C21H22NO4+. The van der Waals surface area contributed by atoms with Crippen molar-refractivity contribution in [1.82, 2.24) is 0 Å². The summed E-state index contributed by atoms with van der Waals surface area (Å²) >= 11 is 0. The maximum absolute atomic E-state index is 9.59. The van der Waals surface area contributed by atoms with E-state index in [0.29, 0.717) is 6.79 Å². The van der Waals surface area contributed by atoms with E-state index in [1.54, 1.807) is 6.92 Å². The number of aliphatic hydroxyl groups is 1. The molecule has 26 heavy (non-hydrogen) atoms. The van der Waals surface area contributed by atoms with Gasteiger partial charge in [-0.1, -0.05) is 24.3 Å². The number of rotatable bonds is 6. The minimum Gasteiger partial charge on any atom is -0.455 e. The quantitative estimate of drug-likeness (QED) is 0.716. The summed E-state index contributed by atoms with van der Waals surface area (Å²) in [5, 5.41) is 11.8. The molecule has 2 aromatic carbocycles. The second-order valence-electron chi connectivity index (χ2n) is 6.45. The number of nitrogens with two attached hydrogens (primary N) is 1. The lowest BCUT2D eigenvalue weighted by molar-refractivity contribution is -0.687. The van der Waals surface area contributed by atoms with Crippen molar-refractivity contribution in [1.29, 1.82) is 0 Å². The molecule has 0 radical (unpaired) electrons. The topological polar surface area (TPSA) is 68.4 Å². The lowest BCUT2D eigenvalue weighted by atomic mass is 10.1. The molecule has 0 amide bonds. The van der Waals surface area contributed by atoms with Gasteiger partial charge in [0, 0.05) is 11.1 Å². The van der Waals surface area contributed by atoms with Crippen molar-refractivity contribution in [2.24, 2.45) is 0 Å². The summed E-state index contributed by atoms with van der Waals surface area (Å²) in [5.74, 6) is 3.40. The molecular weight excluding hydrogens is 330 g/mol. The Hall–Kier alpha value is -2.76. The lowest BCUT2D eigenvalue weighted by Crippen LogP contribution is -2.80. The monoisotopic (exact) mass is 352 g/mol. The first-order valence-electron chi connectivity index (χ1n) is 8.76. The summed E-state index contributed by atoms with van der Waals surface area (Å²) in [4.78, 5) is 0. The van der Waals surface area contributed by atoms with Crippen LogP contribution in [0.1, 0.15) is 29.9 Å². The summed E-state index contributed by atoms with van der Waals surface area (Å²) < 4.78 is 16.7. The summed E-state index contributed by atoms with van der Waals surface area (Å²) in [7, 11) is 0. The maximum Gasteiger partial charge on any atom is 0.231 e. The Morgan fingerprint density at radius 2 is 1.77 bits per heavy atom. The smallest absolute Gasteiger partial charge is 0.231 e. The highest BCUT2D eigenvalue weighted by Crippen LogP contribution is 2.32. The van der Waals surface area contributed by atoms with Crippen molar-refractivity contribution in [2.45, 2.75) is 26.1 Å². The predicted molar refractivity (Wildman–Crippen MR) is 96.7 cm³/mol. The molecule has 0 spiro atoms. The second-order valence-corrected chi connectivity index (χ2v) is 6.45. The van der Waals surface area contributed by atoms with E-state index in [2.05, 4.69) is 11.4 Å². The highest BCUT2D eigenvalue weighted by molar-refractivity contribution is 5.58. The molecule has 0 unspecified atom stereocenters. The van der Waals surface area contributed by atoms with Crippen LogP contribution in [0.15, 0.2) is 59.0 Å². The van der Waals surface area contributed by atoms with E-state index >= 15 is 0 Å².